The van der Waals surface area contributed by atoms with E-state index in [1.807, 2.05) is 0 Å². The van der Waals surface area contributed by atoms with Crippen LogP contribution in [0.2, 0.25) is 0 Å². The number of rotatable bonds is 2. The number of furan rings is 2. The van der Waals surface area contributed by atoms with Gasteiger partial charge < -0.3 is 8.83 Å². The average molecular weight is 661 g/mol. The van der Waals surface area contributed by atoms with Gasteiger partial charge in [0.05, 0.1) is 0 Å². The van der Waals surface area contributed by atoms with Gasteiger partial charge in [0.2, 0.25) is 0 Å². The summed E-state index contributed by atoms with van der Waals surface area (Å²) in [5.74, 6) is 0. The molecule has 0 radical (unpaired) electrons. The van der Waals surface area contributed by atoms with Crippen molar-refractivity contribution in [1.29, 1.82) is 0 Å². The Kier molecular flexibility index (Phi) is 5.53. The smallest absolute Gasteiger partial charge is 0.136 e. The Hall–Kier alpha value is -6.90. The van der Waals surface area contributed by atoms with Crippen molar-refractivity contribution in [3.8, 4) is 22.3 Å². The number of hydrogen-bond acceptors (Lipinski definition) is 2. The Labute approximate surface area is 297 Å². The standard InChI is InChI=1S/C50H28O2/c1-5-13-37-29(9-1)21-30-10-2-6-14-38(30)49(37)33-17-19-41-43-23-35-24-44-42-20-18-34(26-46(42)52-48(44)28-36(35)27-47(43)51-45(41)25-33)50-39-15-7-3-11-31(39)22-32-12-4-8-16-40(32)50/h1-28H. The first-order valence-electron chi connectivity index (χ1n) is 17.8. The Morgan fingerprint density at radius 2 is 0.577 bits per heavy atom. The molecule has 52 heavy (non-hydrogen) atoms. The second-order valence-corrected chi connectivity index (χ2v) is 14.1. The molecule has 0 spiro atoms. The van der Waals surface area contributed by atoms with Crippen molar-refractivity contribution >= 4 is 97.7 Å². The molecule has 0 amide bonds. The molecule has 0 atom stereocenters. The molecular formula is C50H28O2. The zero-order valence-corrected chi connectivity index (χ0v) is 28.0. The number of benzene rings is 10. The molecule has 0 fully saturated rings. The van der Waals surface area contributed by atoms with Crippen LogP contribution < -0.4 is 0 Å². The molecule has 240 valence electrons. The molecule has 10 aromatic carbocycles. The van der Waals surface area contributed by atoms with E-state index in [1.165, 1.54) is 59.6 Å². The van der Waals surface area contributed by atoms with Crippen molar-refractivity contribution in [2.45, 2.75) is 0 Å². The van der Waals surface area contributed by atoms with Gasteiger partial charge in [-0.25, -0.2) is 0 Å². The molecule has 12 aromatic rings. The Morgan fingerprint density at radius 3 is 0.981 bits per heavy atom. The van der Waals surface area contributed by atoms with Gasteiger partial charge in [0, 0.05) is 21.5 Å². The Balaban J connectivity index is 1.02. The second-order valence-electron chi connectivity index (χ2n) is 14.1. The van der Waals surface area contributed by atoms with E-state index in [9.17, 15) is 0 Å². The fourth-order valence-corrected chi connectivity index (χ4v) is 8.75. The summed E-state index contributed by atoms with van der Waals surface area (Å²) in [6, 6.07) is 61.4. The molecule has 0 bridgehead atoms. The van der Waals surface area contributed by atoms with Crippen LogP contribution in [0.5, 0.6) is 0 Å². The van der Waals surface area contributed by atoms with Crippen molar-refractivity contribution in [3.05, 3.63) is 170 Å². The first-order valence-corrected chi connectivity index (χ1v) is 17.8. The highest BCUT2D eigenvalue weighted by atomic mass is 16.3. The van der Waals surface area contributed by atoms with E-state index in [0.717, 1.165) is 60.4 Å². The lowest BCUT2D eigenvalue weighted by molar-refractivity contribution is 0.669. The third-order valence-electron chi connectivity index (χ3n) is 11.1. The number of hydrogen-bond donors (Lipinski definition) is 0. The summed E-state index contributed by atoms with van der Waals surface area (Å²) in [4.78, 5) is 0. The van der Waals surface area contributed by atoms with E-state index in [2.05, 4.69) is 170 Å². The van der Waals surface area contributed by atoms with Crippen LogP contribution in [-0.4, -0.2) is 0 Å². The van der Waals surface area contributed by atoms with Crippen molar-refractivity contribution in [1.82, 2.24) is 0 Å². The maximum absolute atomic E-state index is 6.62. The van der Waals surface area contributed by atoms with Crippen LogP contribution in [-0.2, 0) is 0 Å². The molecule has 0 unspecified atom stereocenters. The summed E-state index contributed by atoms with van der Waals surface area (Å²) in [5.41, 5.74) is 8.33. The highest BCUT2D eigenvalue weighted by molar-refractivity contribution is 6.18. The van der Waals surface area contributed by atoms with Crippen LogP contribution in [0, 0.1) is 0 Å². The predicted octanol–water partition coefficient (Wildman–Crippen LogP) is 14.6. The molecule has 0 aliphatic carbocycles. The molecule has 0 saturated heterocycles. The van der Waals surface area contributed by atoms with Crippen LogP contribution in [0.15, 0.2) is 179 Å². The predicted molar refractivity (Wildman–Crippen MR) is 219 cm³/mol. The Morgan fingerprint density at radius 1 is 0.231 bits per heavy atom. The summed E-state index contributed by atoms with van der Waals surface area (Å²) in [6.07, 6.45) is 0. The van der Waals surface area contributed by atoms with Crippen molar-refractivity contribution in [3.63, 3.8) is 0 Å². The third-order valence-corrected chi connectivity index (χ3v) is 11.1. The minimum atomic E-state index is 0.878. The van der Waals surface area contributed by atoms with Gasteiger partial charge in [-0.1, -0.05) is 109 Å². The fourth-order valence-electron chi connectivity index (χ4n) is 8.75. The van der Waals surface area contributed by atoms with Crippen LogP contribution >= 0.6 is 0 Å². The van der Waals surface area contributed by atoms with Gasteiger partial charge in [-0.3, -0.25) is 0 Å². The summed E-state index contributed by atoms with van der Waals surface area (Å²) in [6.45, 7) is 0. The maximum atomic E-state index is 6.62. The van der Waals surface area contributed by atoms with Crippen molar-refractivity contribution < 1.29 is 8.83 Å². The minimum Gasteiger partial charge on any atom is -0.456 e. The molecule has 2 heterocycles. The van der Waals surface area contributed by atoms with Gasteiger partial charge in [0.1, 0.15) is 22.3 Å². The molecule has 0 aliphatic rings. The monoisotopic (exact) mass is 660 g/mol. The minimum absolute atomic E-state index is 0.878. The van der Waals surface area contributed by atoms with Gasteiger partial charge in [-0.15, -0.1) is 0 Å². The molecule has 2 heteroatoms. The summed E-state index contributed by atoms with van der Waals surface area (Å²) >= 11 is 0. The highest BCUT2D eigenvalue weighted by Crippen LogP contribution is 2.43. The van der Waals surface area contributed by atoms with E-state index in [-0.39, 0.29) is 0 Å². The van der Waals surface area contributed by atoms with Gasteiger partial charge in [-0.2, -0.15) is 0 Å². The molecular weight excluding hydrogens is 633 g/mol. The van der Waals surface area contributed by atoms with Gasteiger partial charge >= 0.3 is 0 Å². The zero-order valence-electron chi connectivity index (χ0n) is 28.0. The van der Waals surface area contributed by atoms with Gasteiger partial charge in [0.15, 0.2) is 0 Å². The first-order chi connectivity index (χ1) is 25.7. The van der Waals surface area contributed by atoms with Crippen molar-refractivity contribution in [2.75, 3.05) is 0 Å². The van der Waals surface area contributed by atoms with E-state index < -0.39 is 0 Å². The molecule has 0 saturated carbocycles. The van der Waals surface area contributed by atoms with Crippen LogP contribution in [0.1, 0.15) is 0 Å². The lowest BCUT2D eigenvalue weighted by Gasteiger charge is -2.12. The lowest BCUT2D eigenvalue weighted by atomic mass is 9.91. The molecule has 2 nitrogen and oxygen atoms in total. The summed E-state index contributed by atoms with van der Waals surface area (Å²) in [7, 11) is 0. The molecule has 0 aliphatic heterocycles. The second kappa shape index (κ2) is 10.3. The quantitative estimate of drug-likeness (QED) is 0.173. The lowest BCUT2D eigenvalue weighted by Crippen LogP contribution is -1.85. The van der Waals surface area contributed by atoms with E-state index >= 15 is 0 Å². The molecule has 12 rings (SSSR count). The zero-order chi connectivity index (χ0) is 33.9. The summed E-state index contributed by atoms with van der Waals surface area (Å²) in [5, 5.41) is 16.7. The SMILES string of the molecule is c1ccc2c(-c3ccc4c(c3)oc3cc5cc6oc7cc(-c8c9ccccc9cc9ccccc89)ccc7c6cc5cc34)c3ccccc3cc2c1. The van der Waals surface area contributed by atoms with Crippen molar-refractivity contribution in [2.24, 2.45) is 0 Å². The Bertz CT molecular complexity index is 3130. The average Bonchev–Trinajstić information content (AvgIpc) is 3.73. The topological polar surface area (TPSA) is 26.3 Å². The molecule has 0 N–H and O–H groups in total. The van der Waals surface area contributed by atoms with Crippen LogP contribution in [0.3, 0.4) is 0 Å². The normalized spacial score (nSPS) is 12.2. The largest absolute Gasteiger partial charge is 0.456 e. The van der Waals surface area contributed by atoms with E-state index in [4.69, 9.17) is 8.83 Å². The number of fused-ring (bicyclic) bond motifs is 11. The van der Waals surface area contributed by atoms with Crippen LogP contribution in [0.25, 0.3) is 120 Å². The van der Waals surface area contributed by atoms with E-state index in [1.54, 1.807) is 0 Å². The van der Waals surface area contributed by atoms with Gasteiger partial charge in [0.25, 0.3) is 0 Å². The van der Waals surface area contributed by atoms with Gasteiger partial charge in [-0.05, 0) is 137 Å². The maximum Gasteiger partial charge on any atom is 0.136 e. The summed E-state index contributed by atoms with van der Waals surface area (Å²) < 4.78 is 13.2. The van der Waals surface area contributed by atoms with E-state index in [0.29, 0.717) is 0 Å². The highest BCUT2D eigenvalue weighted by Gasteiger charge is 2.17. The third kappa shape index (κ3) is 3.95. The first kappa shape index (κ1) is 27.9. The van der Waals surface area contributed by atoms with Crippen LogP contribution in [0.4, 0.5) is 0 Å². The fraction of sp³-hybridized carbons (Fsp3) is 0. The molecule has 2 aromatic heterocycles.